The van der Waals surface area contributed by atoms with E-state index in [1.54, 1.807) is 41.3 Å². The van der Waals surface area contributed by atoms with E-state index >= 15 is 0 Å². The monoisotopic (exact) mass is 956 g/mol. The van der Waals surface area contributed by atoms with Crippen LogP contribution in [0.1, 0.15) is 140 Å². The van der Waals surface area contributed by atoms with Crippen LogP contribution in [0.5, 0.6) is 17.2 Å². The second-order valence-corrected chi connectivity index (χ2v) is 18.6. The number of nitrogens with zero attached hydrogens (tertiary/aromatic N) is 3. The van der Waals surface area contributed by atoms with Gasteiger partial charge in [-0.2, -0.15) is 0 Å². The Bertz CT molecular complexity index is 2170. The van der Waals surface area contributed by atoms with Crippen molar-refractivity contribution in [1.29, 1.82) is 0 Å². The SMILES string of the molecule is C=CCO[C@@]12Oc3ccc(Oc4cccc([N+](=O)[O-])c4)cc3[C@H]3[C@H](CCCCO)[C@@H](CCCCO)C=C(C(=NOCC)C[C@@H]1N(Cc1ccc(F)cc1)C(=O)OCCCCCCCCCCCC)[C@H]32. The number of non-ortho nitro benzene ring substituents is 1. The lowest BCUT2D eigenvalue weighted by Gasteiger charge is -2.59. The summed E-state index contributed by atoms with van der Waals surface area (Å²) in [6.07, 6.45) is 19.1. The lowest BCUT2D eigenvalue weighted by Crippen LogP contribution is -2.70. The molecule has 1 amide bonds. The molecule has 376 valence electrons. The maximum absolute atomic E-state index is 14.9. The molecule has 0 saturated heterocycles. The number of amides is 1. The van der Waals surface area contributed by atoms with Crippen LogP contribution in [0.15, 0.2) is 96.2 Å². The van der Waals surface area contributed by atoms with Crippen molar-refractivity contribution in [1.82, 2.24) is 4.90 Å². The van der Waals surface area contributed by atoms with Gasteiger partial charge in [-0.05, 0) is 98.4 Å². The molecular formula is C55H74FN3O10. The molecular weight excluding hydrogens is 882 g/mol. The molecule has 0 aromatic heterocycles. The quantitative estimate of drug-likeness (QED) is 0.0285. The Kier molecular flexibility index (Phi) is 20.9. The predicted octanol–water partition coefficient (Wildman–Crippen LogP) is 12.7. The van der Waals surface area contributed by atoms with E-state index in [1.165, 1.54) is 62.8 Å². The number of aliphatic hydroxyl groups is 2. The van der Waals surface area contributed by atoms with Gasteiger partial charge in [0.15, 0.2) is 0 Å². The second kappa shape index (κ2) is 27.2. The first-order valence-corrected chi connectivity index (χ1v) is 25.5. The number of hydrogen-bond acceptors (Lipinski definition) is 11. The highest BCUT2D eigenvalue weighted by Gasteiger charge is 2.65. The van der Waals surface area contributed by atoms with Gasteiger partial charge in [-0.15, -0.1) is 6.58 Å². The van der Waals surface area contributed by atoms with Crippen LogP contribution in [0, 0.1) is 33.7 Å². The first-order chi connectivity index (χ1) is 33.7. The molecule has 1 saturated carbocycles. The summed E-state index contributed by atoms with van der Waals surface area (Å²) in [5.74, 6) is -1.66. The molecule has 1 heterocycles. The van der Waals surface area contributed by atoms with Crippen molar-refractivity contribution in [2.75, 3.05) is 33.0 Å². The van der Waals surface area contributed by atoms with E-state index in [-0.39, 0.29) is 62.8 Å². The number of nitro groups is 1. The van der Waals surface area contributed by atoms with Gasteiger partial charge in [0, 0.05) is 43.7 Å². The summed E-state index contributed by atoms with van der Waals surface area (Å²) in [5.41, 5.74) is 2.92. The first kappa shape index (κ1) is 53.0. The number of unbranched alkanes of at least 4 members (excludes halogenated alkanes) is 11. The molecule has 0 unspecified atom stereocenters. The van der Waals surface area contributed by atoms with E-state index < -0.39 is 34.6 Å². The third kappa shape index (κ3) is 13.9. The van der Waals surface area contributed by atoms with Crippen LogP contribution >= 0.6 is 0 Å². The number of halogens is 1. The number of nitro benzene ring substituents is 1. The second-order valence-electron chi connectivity index (χ2n) is 18.6. The van der Waals surface area contributed by atoms with Gasteiger partial charge in [-0.25, -0.2) is 9.18 Å². The number of rotatable bonds is 30. The van der Waals surface area contributed by atoms with Crippen molar-refractivity contribution in [3.8, 4) is 17.2 Å². The fourth-order valence-corrected chi connectivity index (χ4v) is 10.6. The molecule has 3 aromatic carbocycles. The zero-order chi connectivity index (χ0) is 49.0. The van der Waals surface area contributed by atoms with Gasteiger partial charge in [0.05, 0.1) is 35.8 Å². The summed E-state index contributed by atoms with van der Waals surface area (Å²) in [5, 5.41) is 36.4. The number of ether oxygens (including phenoxy) is 4. The van der Waals surface area contributed by atoms with Crippen LogP contribution in [0.4, 0.5) is 14.9 Å². The molecule has 2 aliphatic carbocycles. The lowest BCUT2D eigenvalue weighted by molar-refractivity contribution is -0.384. The van der Waals surface area contributed by atoms with E-state index in [0.29, 0.717) is 54.4 Å². The Morgan fingerprint density at radius 2 is 1.61 bits per heavy atom. The maximum Gasteiger partial charge on any atom is 0.410 e. The number of hydrogen-bond donors (Lipinski definition) is 2. The predicted molar refractivity (Wildman–Crippen MR) is 265 cm³/mol. The number of carbonyl (C=O) groups excluding carboxylic acids is 1. The highest BCUT2D eigenvalue weighted by molar-refractivity contribution is 6.03. The molecule has 3 aromatic rings. The zero-order valence-corrected chi connectivity index (χ0v) is 40.7. The fraction of sp³-hybridized carbons (Fsp3) is 0.564. The maximum atomic E-state index is 14.9. The van der Waals surface area contributed by atoms with Crippen LogP contribution < -0.4 is 9.47 Å². The van der Waals surface area contributed by atoms with Crippen molar-refractivity contribution in [3.05, 3.63) is 118 Å². The number of fused-ring (bicyclic) bond motifs is 2. The van der Waals surface area contributed by atoms with Crippen molar-refractivity contribution >= 4 is 17.5 Å². The summed E-state index contributed by atoms with van der Waals surface area (Å²) in [6.45, 7) is 8.87. The van der Waals surface area contributed by atoms with Crippen LogP contribution in [0.3, 0.4) is 0 Å². The Hall–Kier alpha value is -5.31. The summed E-state index contributed by atoms with van der Waals surface area (Å²) in [4.78, 5) is 33.7. The topological polar surface area (TPSA) is 162 Å². The van der Waals surface area contributed by atoms with Crippen molar-refractivity contribution < 1.29 is 48.1 Å². The normalized spacial score (nSPS) is 21.9. The van der Waals surface area contributed by atoms with E-state index in [9.17, 15) is 29.5 Å². The molecule has 14 heteroatoms. The molecule has 1 fully saturated rings. The van der Waals surface area contributed by atoms with E-state index in [2.05, 4.69) is 19.6 Å². The summed E-state index contributed by atoms with van der Waals surface area (Å²) >= 11 is 0. The van der Waals surface area contributed by atoms with Gasteiger partial charge in [-0.3, -0.25) is 15.0 Å². The summed E-state index contributed by atoms with van der Waals surface area (Å²) in [6, 6.07) is 16.8. The average molecular weight is 956 g/mol. The number of carbonyl (C=O) groups is 1. The van der Waals surface area contributed by atoms with Crippen LogP contribution in [0.25, 0.3) is 0 Å². The smallest absolute Gasteiger partial charge is 0.410 e. The van der Waals surface area contributed by atoms with Gasteiger partial charge in [-0.1, -0.05) is 113 Å². The third-order valence-corrected chi connectivity index (χ3v) is 13.8. The van der Waals surface area contributed by atoms with Gasteiger partial charge < -0.3 is 34.0 Å². The standard InChI is InChI=1S/C55H74FN3O10/c1-4-7-8-9-10-11-12-13-14-19-34-65-54(62)58(39-40-25-27-42(56)28-26-40)51-38-49(57-67-6-3)47-35-41(21-15-17-31-60)46(24-16-18-32-61)52-48-37-45(68-44-23-20-22-43(36-44)59(63)64)29-30-50(48)69-55(51,53(47)52)66-33-5-2/h5,20,22-23,25-30,35-37,41,46,51-53,60-61H,2,4,6-19,21,24,31-34,38-39H2,1,3H3/t41-,46+,51-,52+,53+,55+/m0/s1. The highest BCUT2D eigenvalue weighted by atomic mass is 19.1. The minimum atomic E-state index is -1.55. The summed E-state index contributed by atoms with van der Waals surface area (Å²) in [7, 11) is 0. The van der Waals surface area contributed by atoms with Crippen molar-refractivity contribution in [2.45, 2.75) is 147 Å². The summed E-state index contributed by atoms with van der Waals surface area (Å²) < 4.78 is 41.4. The average Bonchev–Trinajstić information content (AvgIpc) is 3.35. The molecule has 13 nitrogen and oxygen atoms in total. The minimum absolute atomic E-state index is 0.000567. The van der Waals surface area contributed by atoms with Gasteiger partial charge >= 0.3 is 6.09 Å². The zero-order valence-electron chi connectivity index (χ0n) is 40.7. The van der Waals surface area contributed by atoms with E-state index in [4.69, 9.17) is 28.9 Å². The van der Waals surface area contributed by atoms with E-state index in [0.717, 1.165) is 56.1 Å². The third-order valence-electron chi connectivity index (χ3n) is 13.8. The van der Waals surface area contributed by atoms with Crippen molar-refractivity contribution in [3.63, 3.8) is 0 Å². The van der Waals surface area contributed by atoms with Gasteiger partial charge in [0.2, 0.25) is 5.79 Å². The number of allylic oxidation sites excluding steroid dienone is 1. The molecule has 2 N–H and O–H groups in total. The van der Waals surface area contributed by atoms with Crippen molar-refractivity contribution in [2.24, 2.45) is 22.9 Å². The number of oxime groups is 1. The van der Waals surface area contributed by atoms with Crippen LogP contribution in [-0.4, -0.2) is 76.7 Å². The van der Waals surface area contributed by atoms with Gasteiger partial charge in [0.1, 0.15) is 35.7 Å². The van der Waals surface area contributed by atoms with E-state index in [1.807, 2.05) is 19.1 Å². The van der Waals surface area contributed by atoms with Crippen LogP contribution in [0.2, 0.25) is 0 Å². The molecule has 6 atom stereocenters. The molecule has 3 aliphatic rings. The fourth-order valence-electron chi connectivity index (χ4n) is 10.6. The minimum Gasteiger partial charge on any atom is -0.459 e. The Labute approximate surface area is 407 Å². The lowest BCUT2D eigenvalue weighted by atomic mass is 9.55. The molecule has 0 bridgehead atoms. The van der Waals surface area contributed by atoms with Gasteiger partial charge in [0.25, 0.3) is 5.69 Å². The van der Waals surface area contributed by atoms with Crippen LogP contribution in [-0.2, 0) is 20.9 Å². The Morgan fingerprint density at radius 1 is 0.913 bits per heavy atom. The molecule has 0 radical (unpaired) electrons. The molecule has 6 rings (SSSR count). The molecule has 0 spiro atoms. The Balaban J connectivity index is 1.46. The highest BCUT2D eigenvalue weighted by Crippen LogP contribution is 2.62. The Morgan fingerprint density at radius 3 is 2.29 bits per heavy atom. The largest absolute Gasteiger partial charge is 0.459 e. The molecule has 1 aliphatic heterocycles. The first-order valence-electron chi connectivity index (χ1n) is 25.5. The molecule has 69 heavy (non-hydrogen) atoms. The number of benzene rings is 3. The number of aliphatic hydroxyl groups excluding tert-OH is 2.